The summed E-state index contributed by atoms with van der Waals surface area (Å²) >= 11 is 0. The molecule has 0 fully saturated rings. The number of Topliss-reactive ketones (excluding diaryl/α,β-unsaturated/α-hetero) is 2. The lowest BCUT2D eigenvalue weighted by molar-refractivity contribution is -0.122. The first-order valence-electron chi connectivity index (χ1n) is 12.2. The van der Waals surface area contributed by atoms with E-state index in [-0.39, 0.29) is 23.6 Å². The number of aromatic nitrogens is 1. The van der Waals surface area contributed by atoms with E-state index < -0.39 is 0 Å². The first-order chi connectivity index (χ1) is 19.2. The minimum absolute atomic E-state index is 0.279. The van der Waals surface area contributed by atoms with Crippen LogP contribution in [0.1, 0.15) is 23.1 Å². The summed E-state index contributed by atoms with van der Waals surface area (Å²) in [7, 11) is 0. The van der Waals surface area contributed by atoms with E-state index in [9.17, 15) is 9.59 Å². The molecular formula is C30H21N5O4. The van der Waals surface area contributed by atoms with Gasteiger partial charge in [-0.3, -0.25) is 29.6 Å². The zero-order valence-electron chi connectivity index (χ0n) is 20.6. The van der Waals surface area contributed by atoms with Crippen molar-refractivity contribution in [1.82, 2.24) is 10.3 Å². The summed E-state index contributed by atoms with van der Waals surface area (Å²) in [5, 5.41) is 2.96. The van der Waals surface area contributed by atoms with Gasteiger partial charge in [0.05, 0.1) is 29.1 Å². The molecule has 9 heteroatoms. The Hall–Kier alpha value is -5.44. The molecule has 0 amide bonds. The number of aliphatic imine (C=N–C) groups is 3. The maximum atomic E-state index is 13.5. The first kappa shape index (κ1) is 23.9. The average Bonchev–Trinajstić information content (AvgIpc) is 3.31. The third-order valence-electron chi connectivity index (χ3n) is 6.35. The molecule has 0 aromatic heterocycles. The molecule has 6 rings (SSSR count). The van der Waals surface area contributed by atoms with Gasteiger partial charge in [-0.2, -0.15) is 0 Å². The van der Waals surface area contributed by atoms with Gasteiger partial charge in [-0.05, 0) is 41.8 Å². The van der Waals surface area contributed by atoms with Crippen molar-refractivity contribution in [3.05, 3.63) is 120 Å². The number of carbonyl (C=O) groups excluding carboxylic acids is 2. The van der Waals surface area contributed by atoms with Gasteiger partial charge >= 0.3 is 0 Å². The lowest BCUT2D eigenvalue weighted by Crippen LogP contribution is -2.21. The Balaban J connectivity index is 1.63. The van der Waals surface area contributed by atoms with Crippen molar-refractivity contribution < 1.29 is 19.1 Å². The maximum absolute atomic E-state index is 13.5. The Morgan fingerprint density at radius 2 is 1.77 bits per heavy atom. The number of carbonyl (C=O) groups is 2. The molecule has 8 bridgehead atoms. The molecule has 0 radical (unpaired) electrons. The Bertz CT molecular complexity index is 1660. The van der Waals surface area contributed by atoms with Crippen LogP contribution in [0.25, 0.3) is 16.7 Å². The third kappa shape index (κ3) is 4.80. The van der Waals surface area contributed by atoms with Gasteiger partial charge in [0, 0.05) is 65.7 Å². The predicted octanol–water partition coefficient (Wildman–Crippen LogP) is 4.31. The van der Waals surface area contributed by atoms with E-state index in [1.165, 1.54) is 37.5 Å². The number of ketones is 2. The van der Waals surface area contributed by atoms with E-state index in [2.05, 4.69) is 25.3 Å². The molecule has 3 aliphatic heterocycles. The number of allylic oxidation sites excluding steroid dienone is 5. The topological polar surface area (TPSA) is 115 Å². The molecular weight excluding hydrogens is 494 g/mol. The highest BCUT2D eigenvalue weighted by Gasteiger charge is 2.33. The van der Waals surface area contributed by atoms with Gasteiger partial charge in [-0.25, -0.2) is 0 Å². The van der Waals surface area contributed by atoms with Crippen molar-refractivity contribution in [3.8, 4) is 11.1 Å². The highest BCUT2D eigenvalue weighted by molar-refractivity contribution is 6.35. The fourth-order valence-electron chi connectivity index (χ4n) is 4.65. The molecule has 9 nitrogen and oxygen atoms in total. The number of nitrogens with one attached hydrogen (secondary N) is 1. The Labute approximate surface area is 223 Å². The van der Waals surface area contributed by atoms with Crippen LogP contribution in [0.5, 0.6) is 0 Å². The third-order valence-corrected chi connectivity index (χ3v) is 6.35. The van der Waals surface area contributed by atoms with Crippen LogP contribution in [-0.2, 0) is 25.5 Å². The Morgan fingerprint density at radius 1 is 0.872 bits per heavy atom. The van der Waals surface area contributed by atoms with Crippen LogP contribution >= 0.6 is 0 Å². The average molecular weight is 516 g/mol. The predicted molar refractivity (Wildman–Crippen MR) is 148 cm³/mol. The normalized spacial score (nSPS) is 19.8. The zero-order chi connectivity index (χ0) is 26.6. The molecule has 0 spiro atoms. The summed E-state index contributed by atoms with van der Waals surface area (Å²) in [5.74, 6) is -0.636. The second-order valence-electron chi connectivity index (χ2n) is 8.77. The smallest absolute Gasteiger partial charge is 0.173 e. The highest BCUT2D eigenvalue weighted by Crippen LogP contribution is 2.40. The van der Waals surface area contributed by atoms with Crippen molar-refractivity contribution in [2.45, 2.75) is 12.8 Å². The molecule has 0 aromatic carbocycles. The molecule has 1 N–H and O–H groups in total. The molecule has 0 saturated heterocycles. The van der Waals surface area contributed by atoms with Crippen LogP contribution in [0.2, 0.25) is 0 Å². The van der Waals surface area contributed by atoms with Crippen molar-refractivity contribution in [2.75, 3.05) is 0 Å². The maximum Gasteiger partial charge on any atom is 0.173 e. The highest BCUT2D eigenvalue weighted by atomic mass is 16.5. The SMILES string of the molecule is O=C1CC(=O)/C2=C\C3=COC=COC=CNC=CN=C4C=CCc5cc(c6cncc-6cc54)C1=C2N=CC=N3. The van der Waals surface area contributed by atoms with E-state index in [0.717, 1.165) is 28.0 Å². The molecule has 0 saturated carbocycles. The standard InChI is InChI=1S/C30H21N5O4/c36-27-15-28(37)29-23-12-19-2-1-3-26(22(19)13-20-16-32-17-25(20)23)34-5-4-31-8-9-38-10-11-39-18-21-14-24(27)30(29)35-7-6-33-21/h1,3-14,16-18,31H,2,15H2/b5-4?,9-8?,11-10?,21-18?,24-14+,33-6?,34-26?,35-7?. The molecule has 0 atom stereocenters. The van der Waals surface area contributed by atoms with Gasteiger partial charge in [-0.1, -0.05) is 6.08 Å². The van der Waals surface area contributed by atoms with Crippen molar-refractivity contribution in [1.29, 1.82) is 0 Å². The second kappa shape index (κ2) is 10.5. The van der Waals surface area contributed by atoms with Gasteiger partial charge in [0.1, 0.15) is 25.0 Å². The van der Waals surface area contributed by atoms with E-state index in [1.54, 1.807) is 37.1 Å². The van der Waals surface area contributed by atoms with Crippen LogP contribution in [0.15, 0.2) is 118 Å². The van der Waals surface area contributed by atoms with Crippen molar-refractivity contribution in [2.24, 2.45) is 15.0 Å². The molecule has 3 heterocycles. The number of nitrogens with zero attached hydrogens (tertiary/aromatic N) is 4. The lowest BCUT2D eigenvalue weighted by atomic mass is 9.83. The summed E-state index contributed by atoms with van der Waals surface area (Å²) < 4.78 is 10.6. The Kier molecular flexibility index (Phi) is 6.45. The van der Waals surface area contributed by atoms with Gasteiger partial charge in [0.25, 0.3) is 0 Å². The van der Waals surface area contributed by atoms with Crippen LogP contribution in [0.3, 0.4) is 0 Å². The van der Waals surface area contributed by atoms with E-state index >= 15 is 0 Å². The van der Waals surface area contributed by atoms with E-state index in [0.29, 0.717) is 29.0 Å². The fraction of sp³-hybridized carbons (Fsp3) is 0.0667. The minimum atomic E-state index is -0.336. The van der Waals surface area contributed by atoms with Crippen LogP contribution in [0, 0.1) is 0 Å². The summed E-state index contributed by atoms with van der Waals surface area (Å²) in [5.41, 5.74) is 6.30. The van der Waals surface area contributed by atoms with Gasteiger partial charge in [-0.15, -0.1) is 0 Å². The summed E-state index contributed by atoms with van der Waals surface area (Å²) in [4.78, 5) is 44.4. The first-order valence-corrected chi connectivity index (χ1v) is 12.2. The molecule has 0 aromatic rings. The number of ether oxygens (including phenoxy) is 2. The van der Waals surface area contributed by atoms with Crippen molar-refractivity contribution >= 4 is 35.3 Å². The zero-order valence-corrected chi connectivity index (χ0v) is 20.6. The molecule has 0 unspecified atom stereocenters. The summed E-state index contributed by atoms with van der Waals surface area (Å²) in [6, 6.07) is 4.02. The van der Waals surface area contributed by atoms with Gasteiger partial charge in [0.2, 0.25) is 0 Å². The molecule has 3 aliphatic carbocycles. The number of fused-ring (bicyclic) bond motifs is 5. The fourth-order valence-corrected chi connectivity index (χ4v) is 4.65. The molecule has 39 heavy (non-hydrogen) atoms. The van der Waals surface area contributed by atoms with E-state index in [1.807, 2.05) is 24.3 Å². The Morgan fingerprint density at radius 3 is 2.72 bits per heavy atom. The van der Waals surface area contributed by atoms with Gasteiger partial charge in [0.15, 0.2) is 11.6 Å². The number of rotatable bonds is 0. The molecule has 6 aliphatic rings. The number of hydrogen-bond acceptors (Lipinski definition) is 9. The largest absolute Gasteiger partial charge is 0.468 e. The second-order valence-corrected chi connectivity index (χ2v) is 8.77. The summed E-state index contributed by atoms with van der Waals surface area (Å²) in [6.45, 7) is 0. The molecule has 190 valence electrons. The quantitative estimate of drug-likeness (QED) is 0.523. The van der Waals surface area contributed by atoms with Crippen molar-refractivity contribution in [3.63, 3.8) is 0 Å². The van der Waals surface area contributed by atoms with Crippen LogP contribution < -0.4 is 5.32 Å². The lowest BCUT2D eigenvalue weighted by Gasteiger charge is -2.20. The van der Waals surface area contributed by atoms with Crippen LogP contribution in [-0.4, -0.2) is 34.7 Å². The van der Waals surface area contributed by atoms with Crippen LogP contribution in [0.4, 0.5) is 0 Å². The van der Waals surface area contributed by atoms with E-state index in [4.69, 9.17) is 9.47 Å². The number of hydrogen-bond donors (Lipinski definition) is 1. The summed E-state index contributed by atoms with van der Waals surface area (Å²) in [6.07, 6.45) is 22.8. The van der Waals surface area contributed by atoms with Gasteiger partial charge < -0.3 is 14.8 Å². The minimum Gasteiger partial charge on any atom is -0.468 e. The monoisotopic (exact) mass is 515 g/mol.